The average Bonchev–Trinajstić information content (AvgIpc) is 3.10. The fourth-order valence-corrected chi connectivity index (χ4v) is 3.58. The molecule has 0 saturated heterocycles. The zero-order valence-electron chi connectivity index (χ0n) is 11.4. The highest BCUT2D eigenvalue weighted by atomic mass is 35.5. The molecule has 0 fully saturated rings. The van der Waals surface area contributed by atoms with Crippen molar-refractivity contribution in [3.8, 4) is 5.69 Å². The molecule has 1 aliphatic carbocycles. The van der Waals surface area contributed by atoms with Crippen LogP contribution in [0.1, 0.15) is 23.4 Å². The minimum absolute atomic E-state index is 0.363. The van der Waals surface area contributed by atoms with Crippen LogP contribution in [0, 0.1) is 0 Å². The second-order valence-corrected chi connectivity index (χ2v) is 6.09. The van der Waals surface area contributed by atoms with Gasteiger partial charge < -0.3 is 0 Å². The molecule has 0 radical (unpaired) electrons. The first-order chi connectivity index (χ1) is 10.3. The van der Waals surface area contributed by atoms with E-state index in [0.717, 1.165) is 29.0 Å². The first-order valence-corrected chi connectivity index (χ1v) is 8.03. The van der Waals surface area contributed by atoms with E-state index in [2.05, 4.69) is 27.8 Å². The maximum Gasteiger partial charge on any atom is 0.129 e. The van der Waals surface area contributed by atoms with Crippen molar-refractivity contribution in [2.75, 3.05) is 0 Å². The lowest BCUT2D eigenvalue weighted by Gasteiger charge is -2.10. The van der Waals surface area contributed by atoms with E-state index in [1.807, 2.05) is 18.2 Å². The van der Waals surface area contributed by atoms with Crippen molar-refractivity contribution in [3.63, 3.8) is 0 Å². The highest BCUT2D eigenvalue weighted by molar-refractivity contribution is 6.35. The summed E-state index contributed by atoms with van der Waals surface area (Å²) in [5.41, 5.74) is 5.85. The zero-order chi connectivity index (χ0) is 14.4. The van der Waals surface area contributed by atoms with Gasteiger partial charge in [0.25, 0.3) is 0 Å². The molecule has 0 atom stereocenters. The van der Waals surface area contributed by atoms with Crippen LogP contribution in [0.4, 0.5) is 0 Å². The number of alkyl halides is 1. The van der Waals surface area contributed by atoms with Crippen molar-refractivity contribution >= 4 is 34.2 Å². The van der Waals surface area contributed by atoms with E-state index in [-0.39, 0.29) is 0 Å². The van der Waals surface area contributed by atoms with Gasteiger partial charge in [0.1, 0.15) is 11.3 Å². The number of para-hydroxylation sites is 1. The fraction of sp³-hybridized carbons (Fsp3) is 0.235. The number of imidazole rings is 1. The molecule has 1 heterocycles. The van der Waals surface area contributed by atoms with Gasteiger partial charge >= 0.3 is 0 Å². The first-order valence-electron chi connectivity index (χ1n) is 7.12. The van der Waals surface area contributed by atoms with Gasteiger partial charge in [-0.2, -0.15) is 0 Å². The summed E-state index contributed by atoms with van der Waals surface area (Å²) in [5.74, 6) is 1.19. The van der Waals surface area contributed by atoms with E-state index >= 15 is 0 Å². The number of aryl methyl sites for hydroxylation is 2. The van der Waals surface area contributed by atoms with Gasteiger partial charge in [-0.15, -0.1) is 11.6 Å². The number of aromatic nitrogens is 2. The Morgan fingerprint density at radius 2 is 1.95 bits per heavy atom. The van der Waals surface area contributed by atoms with Crippen molar-refractivity contribution in [3.05, 3.63) is 58.4 Å². The van der Waals surface area contributed by atoms with E-state index in [4.69, 9.17) is 23.2 Å². The van der Waals surface area contributed by atoms with E-state index in [1.54, 1.807) is 0 Å². The quantitative estimate of drug-likeness (QED) is 0.614. The molecule has 2 nitrogen and oxygen atoms in total. The maximum absolute atomic E-state index is 6.26. The molecule has 106 valence electrons. The highest BCUT2D eigenvalue weighted by Crippen LogP contribution is 2.30. The largest absolute Gasteiger partial charge is 0.295 e. The molecule has 0 amide bonds. The van der Waals surface area contributed by atoms with Crippen molar-refractivity contribution in [2.45, 2.75) is 25.1 Å². The van der Waals surface area contributed by atoms with Gasteiger partial charge in [0.15, 0.2) is 0 Å². The molecule has 21 heavy (non-hydrogen) atoms. The Morgan fingerprint density at radius 1 is 1.10 bits per heavy atom. The summed E-state index contributed by atoms with van der Waals surface area (Å²) >= 11 is 12.4. The minimum Gasteiger partial charge on any atom is -0.295 e. The Morgan fingerprint density at radius 3 is 2.81 bits per heavy atom. The van der Waals surface area contributed by atoms with Crippen LogP contribution < -0.4 is 0 Å². The topological polar surface area (TPSA) is 17.8 Å². The smallest absolute Gasteiger partial charge is 0.129 e. The summed E-state index contributed by atoms with van der Waals surface area (Å²) in [6.07, 6.45) is 3.60. The van der Waals surface area contributed by atoms with Crippen molar-refractivity contribution < 1.29 is 0 Å². The van der Waals surface area contributed by atoms with Crippen LogP contribution in [0.3, 0.4) is 0 Å². The van der Waals surface area contributed by atoms with E-state index in [0.29, 0.717) is 10.9 Å². The fourth-order valence-electron chi connectivity index (χ4n) is 3.19. The summed E-state index contributed by atoms with van der Waals surface area (Å²) < 4.78 is 2.12. The molecule has 1 aromatic heterocycles. The van der Waals surface area contributed by atoms with Gasteiger partial charge in [-0.1, -0.05) is 23.7 Å². The van der Waals surface area contributed by atoms with Gasteiger partial charge in [-0.05, 0) is 54.7 Å². The van der Waals surface area contributed by atoms with Crippen LogP contribution in [0.5, 0.6) is 0 Å². The molecule has 4 heteroatoms. The van der Waals surface area contributed by atoms with Gasteiger partial charge in [0, 0.05) is 5.69 Å². The number of hydrogen-bond donors (Lipinski definition) is 0. The third-order valence-corrected chi connectivity index (χ3v) is 4.71. The van der Waals surface area contributed by atoms with Crippen molar-refractivity contribution in [2.24, 2.45) is 0 Å². The molecule has 1 aliphatic rings. The standard InChI is InChI=1S/C17H14Cl2N2/c18-10-16-20-17-14(19)5-2-6-15(17)21(16)13-8-7-11-3-1-4-12(11)9-13/h2,5-9H,1,3-4,10H2. The molecule has 0 unspecified atom stereocenters. The van der Waals surface area contributed by atoms with Crippen LogP contribution in [-0.2, 0) is 18.7 Å². The van der Waals surface area contributed by atoms with Crippen LogP contribution in [0.2, 0.25) is 5.02 Å². The predicted octanol–water partition coefficient (Wildman–Crippen LogP) is 4.91. The number of hydrogen-bond acceptors (Lipinski definition) is 1. The van der Waals surface area contributed by atoms with Crippen molar-refractivity contribution in [1.29, 1.82) is 0 Å². The summed E-state index contributed by atoms with van der Waals surface area (Å²) in [7, 11) is 0. The van der Waals surface area contributed by atoms with E-state index in [1.165, 1.54) is 24.0 Å². The van der Waals surface area contributed by atoms with Gasteiger partial charge in [-0.25, -0.2) is 4.98 Å². The SMILES string of the molecule is ClCc1nc2c(Cl)cccc2n1-c1ccc2c(c1)CCC2. The number of fused-ring (bicyclic) bond motifs is 2. The average molecular weight is 317 g/mol. The summed E-state index contributed by atoms with van der Waals surface area (Å²) in [4.78, 5) is 4.60. The summed E-state index contributed by atoms with van der Waals surface area (Å²) in [6.45, 7) is 0. The molecule has 0 aliphatic heterocycles. The molecule has 0 spiro atoms. The molecule has 4 rings (SSSR count). The zero-order valence-corrected chi connectivity index (χ0v) is 13.0. The minimum atomic E-state index is 0.363. The molecule has 0 saturated carbocycles. The van der Waals surface area contributed by atoms with Crippen LogP contribution in [-0.4, -0.2) is 9.55 Å². The van der Waals surface area contributed by atoms with Gasteiger partial charge in [-0.3, -0.25) is 4.57 Å². The second-order valence-electron chi connectivity index (χ2n) is 5.41. The Kier molecular flexibility index (Phi) is 3.16. The number of benzene rings is 2. The highest BCUT2D eigenvalue weighted by Gasteiger charge is 2.16. The van der Waals surface area contributed by atoms with Crippen molar-refractivity contribution in [1.82, 2.24) is 9.55 Å². The van der Waals surface area contributed by atoms with Gasteiger partial charge in [0.05, 0.1) is 16.4 Å². The van der Waals surface area contributed by atoms with Crippen LogP contribution in [0.25, 0.3) is 16.7 Å². The lowest BCUT2D eigenvalue weighted by molar-refractivity contribution is 0.911. The number of nitrogens with zero attached hydrogens (tertiary/aromatic N) is 2. The van der Waals surface area contributed by atoms with Gasteiger partial charge in [0.2, 0.25) is 0 Å². The van der Waals surface area contributed by atoms with E-state index < -0.39 is 0 Å². The molecular weight excluding hydrogens is 303 g/mol. The van der Waals surface area contributed by atoms with Crippen LogP contribution >= 0.6 is 23.2 Å². The Hall–Kier alpha value is -1.51. The number of rotatable bonds is 2. The Balaban J connectivity index is 1.99. The number of halogens is 2. The summed E-state index contributed by atoms with van der Waals surface area (Å²) in [6, 6.07) is 12.5. The predicted molar refractivity (Wildman–Crippen MR) is 87.7 cm³/mol. The normalized spacial score (nSPS) is 13.8. The Bertz CT molecular complexity index is 836. The molecule has 0 N–H and O–H groups in total. The second kappa shape index (κ2) is 5.04. The third-order valence-electron chi connectivity index (χ3n) is 4.17. The summed E-state index contributed by atoms with van der Waals surface area (Å²) in [5, 5.41) is 0.666. The molecule has 3 aromatic rings. The maximum atomic E-state index is 6.26. The molecular formula is C17H14Cl2N2. The third kappa shape index (κ3) is 2.05. The lowest BCUT2D eigenvalue weighted by atomic mass is 10.1. The van der Waals surface area contributed by atoms with E-state index in [9.17, 15) is 0 Å². The molecule has 2 aromatic carbocycles. The monoisotopic (exact) mass is 316 g/mol. The van der Waals surface area contributed by atoms with Crippen LogP contribution in [0.15, 0.2) is 36.4 Å². The lowest BCUT2D eigenvalue weighted by Crippen LogP contribution is -2.00. The first kappa shape index (κ1) is 13.2. The Labute approximate surface area is 133 Å². The molecule has 0 bridgehead atoms.